The molecule has 9 nitrogen and oxygen atoms in total. The summed E-state index contributed by atoms with van der Waals surface area (Å²) < 4.78 is 19.2. The molecule has 0 radical (unpaired) electrons. The first-order valence-electron chi connectivity index (χ1n) is 6.35. The predicted octanol–water partition coefficient (Wildman–Crippen LogP) is 1.30. The summed E-state index contributed by atoms with van der Waals surface area (Å²) in [5, 5.41) is 10.5. The highest BCUT2D eigenvalue weighted by Crippen LogP contribution is 2.27. The van der Waals surface area contributed by atoms with Crippen LogP contribution in [-0.2, 0) is 0 Å². The minimum atomic E-state index is -1.35. The van der Waals surface area contributed by atoms with Gasteiger partial charge in [-0.2, -0.15) is 0 Å². The van der Waals surface area contributed by atoms with Gasteiger partial charge in [-0.15, -0.1) is 0 Å². The molecule has 1 heterocycles. The Balaban J connectivity index is 2.35. The van der Waals surface area contributed by atoms with Gasteiger partial charge in [-0.05, 0) is 12.1 Å². The van der Waals surface area contributed by atoms with Crippen LogP contribution in [0.1, 0.15) is 21.0 Å². The van der Waals surface area contributed by atoms with Crippen LogP contribution < -0.4 is 21.5 Å². The number of carbonyl (C=O) groups is 3. The van der Waals surface area contributed by atoms with Crippen LogP contribution in [0.25, 0.3) is 0 Å². The molecular weight excluding hydrogens is 323 g/mol. The van der Waals surface area contributed by atoms with Gasteiger partial charge in [0.1, 0.15) is 17.1 Å². The minimum Gasteiger partial charge on any atom is -0.465 e. The number of pyridine rings is 1. The van der Waals surface area contributed by atoms with Gasteiger partial charge in [-0.1, -0.05) is 0 Å². The van der Waals surface area contributed by atoms with Crippen molar-refractivity contribution in [3.8, 4) is 11.5 Å². The third-order valence-corrected chi connectivity index (χ3v) is 2.71. The van der Waals surface area contributed by atoms with Crippen molar-refractivity contribution in [2.24, 2.45) is 11.5 Å². The Labute approximate surface area is 134 Å². The second-order valence-corrected chi connectivity index (χ2v) is 4.48. The summed E-state index contributed by atoms with van der Waals surface area (Å²) in [6, 6.07) is 5.54. The molecule has 0 bridgehead atoms. The molecule has 0 aliphatic heterocycles. The molecule has 0 unspecified atom stereocenters. The lowest BCUT2D eigenvalue weighted by molar-refractivity contribution is 0.0991. The van der Waals surface area contributed by atoms with Crippen LogP contribution in [0.4, 0.5) is 14.9 Å². The van der Waals surface area contributed by atoms with E-state index in [-0.39, 0.29) is 28.6 Å². The van der Waals surface area contributed by atoms with Gasteiger partial charge in [-0.3, -0.25) is 14.9 Å². The molecule has 2 aromatic rings. The number of halogens is 1. The summed E-state index contributed by atoms with van der Waals surface area (Å²) in [6.07, 6.45) is -1.35. The SMILES string of the molecule is NC(=O)c1cc(Oc2ccc(NC(=O)O)cc2F)cc(C(N)=O)n1. The lowest BCUT2D eigenvalue weighted by atomic mass is 10.2. The fourth-order valence-corrected chi connectivity index (χ4v) is 1.73. The molecule has 2 rings (SSSR count). The summed E-state index contributed by atoms with van der Waals surface area (Å²) in [4.78, 5) is 36.6. The highest BCUT2D eigenvalue weighted by atomic mass is 19.1. The zero-order valence-corrected chi connectivity index (χ0v) is 11.9. The van der Waals surface area contributed by atoms with Crippen LogP contribution in [0.15, 0.2) is 30.3 Å². The van der Waals surface area contributed by atoms with E-state index in [1.165, 1.54) is 6.07 Å². The van der Waals surface area contributed by atoms with E-state index < -0.39 is 23.7 Å². The Hall–Kier alpha value is -3.69. The van der Waals surface area contributed by atoms with Gasteiger partial charge in [0.15, 0.2) is 11.6 Å². The predicted molar refractivity (Wildman–Crippen MR) is 79.4 cm³/mol. The van der Waals surface area contributed by atoms with E-state index in [2.05, 4.69) is 4.98 Å². The number of rotatable bonds is 5. The summed E-state index contributed by atoms with van der Waals surface area (Å²) in [6.45, 7) is 0. The number of carbonyl (C=O) groups excluding carboxylic acids is 2. The monoisotopic (exact) mass is 334 g/mol. The lowest BCUT2D eigenvalue weighted by Gasteiger charge is -2.10. The van der Waals surface area contributed by atoms with Crippen molar-refractivity contribution >= 4 is 23.6 Å². The molecule has 0 aliphatic carbocycles. The molecule has 3 amide bonds. The molecule has 24 heavy (non-hydrogen) atoms. The van der Waals surface area contributed by atoms with E-state index in [4.69, 9.17) is 21.3 Å². The maximum atomic E-state index is 13.9. The second kappa shape index (κ2) is 6.60. The summed E-state index contributed by atoms with van der Waals surface area (Å²) in [5.41, 5.74) is 9.61. The van der Waals surface area contributed by atoms with E-state index in [9.17, 15) is 18.8 Å². The summed E-state index contributed by atoms with van der Waals surface area (Å²) in [5.74, 6) is -3.10. The average Bonchev–Trinajstić information content (AvgIpc) is 2.49. The van der Waals surface area contributed by atoms with E-state index in [1.807, 2.05) is 5.32 Å². The third-order valence-electron chi connectivity index (χ3n) is 2.71. The number of anilines is 1. The molecule has 124 valence electrons. The average molecular weight is 334 g/mol. The van der Waals surface area contributed by atoms with Crippen LogP contribution in [0.2, 0.25) is 0 Å². The van der Waals surface area contributed by atoms with Gasteiger partial charge in [0, 0.05) is 23.9 Å². The molecule has 0 aliphatic rings. The number of nitrogens with two attached hydrogens (primary N) is 2. The number of hydrogen-bond acceptors (Lipinski definition) is 5. The molecule has 0 fully saturated rings. The Morgan fingerprint density at radius 3 is 2.12 bits per heavy atom. The van der Waals surface area contributed by atoms with Gasteiger partial charge < -0.3 is 21.3 Å². The normalized spacial score (nSPS) is 10.0. The van der Waals surface area contributed by atoms with E-state index >= 15 is 0 Å². The quantitative estimate of drug-likeness (QED) is 0.645. The van der Waals surface area contributed by atoms with Crippen molar-refractivity contribution in [3.05, 3.63) is 47.5 Å². The number of aromatic nitrogens is 1. The molecule has 6 N–H and O–H groups in total. The van der Waals surface area contributed by atoms with Crippen molar-refractivity contribution in [1.82, 2.24) is 4.98 Å². The zero-order valence-electron chi connectivity index (χ0n) is 11.9. The molecule has 0 saturated carbocycles. The highest BCUT2D eigenvalue weighted by molar-refractivity contribution is 5.95. The van der Waals surface area contributed by atoms with Crippen LogP contribution in [0.5, 0.6) is 11.5 Å². The molecule has 0 saturated heterocycles. The minimum absolute atomic E-state index is 0.00210. The van der Waals surface area contributed by atoms with Crippen molar-refractivity contribution in [2.45, 2.75) is 0 Å². The fourth-order valence-electron chi connectivity index (χ4n) is 1.73. The fraction of sp³-hybridized carbons (Fsp3) is 0. The van der Waals surface area contributed by atoms with Crippen LogP contribution in [0, 0.1) is 5.82 Å². The van der Waals surface area contributed by atoms with Crippen molar-refractivity contribution in [2.75, 3.05) is 5.32 Å². The summed E-state index contributed by atoms with van der Waals surface area (Å²) in [7, 11) is 0. The number of nitrogens with one attached hydrogen (secondary N) is 1. The molecule has 10 heteroatoms. The van der Waals surface area contributed by atoms with Gasteiger partial charge in [0.05, 0.1) is 0 Å². The number of ether oxygens (including phenoxy) is 1. The number of hydrogen-bond donors (Lipinski definition) is 4. The van der Waals surface area contributed by atoms with Gasteiger partial charge >= 0.3 is 6.09 Å². The van der Waals surface area contributed by atoms with Gasteiger partial charge in [-0.25, -0.2) is 14.2 Å². The first-order chi connectivity index (χ1) is 11.3. The molecular formula is C14H11FN4O5. The number of amides is 3. The number of primary amides is 2. The molecule has 0 atom stereocenters. The first-order valence-corrected chi connectivity index (χ1v) is 6.35. The first kappa shape index (κ1) is 16.7. The maximum Gasteiger partial charge on any atom is 0.409 e. The third kappa shape index (κ3) is 3.94. The zero-order chi connectivity index (χ0) is 17.9. The standard InChI is InChI=1S/C14H11FN4O5/c15-8-3-6(18-14(22)23)1-2-11(8)24-7-4-9(12(16)20)19-10(5-7)13(17)21/h1-5,18H,(H2,16,20)(H2,17,21)(H,22,23). The van der Waals surface area contributed by atoms with Gasteiger partial charge in [0.2, 0.25) is 0 Å². The van der Waals surface area contributed by atoms with Crippen LogP contribution in [0.3, 0.4) is 0 Å². The molecule has 1 aromatic heterocycles. The summed E-state index contributed by atoms with van der Waals surface area (Å²) >= 11 is 0. The number of nitrogens with zero attached hydrogens (tertiary/aromatic N) is 1. The Bertz CT molecular complexity index is 808. The maximum absolute atomic E-state index is 13.9. The van der Waals surface area contributed by atoms with E-state index in [0.29, 0.717) is 0 Å². The van der Waals surface area contributed by atoms with Crippen LogP contribution in [-0.4, -0.2) is 28.0 Å². The van der Waals surface area contributed by atoms with Crippen molar-refractivity contribution in [1.29, 1.82) is 0 Å². The van der Waals surface area contributed by atoms with Crippen molar-refractivity contribution < 1.29 is 28.6 Å². The largest absolute Gasteiger partial charge is 0.465 e. The van der Waals surface area contributed by atoms with Crippen LogP contribution >= 0.6 is 0 Å². The Morgan fingerprint density at radius 1 is 1.08 bits per heavy atom. The van der Waals surface area contributed by atoms with E-state index in [1.54, 1.807) is 0 Å². The van der Waals surface area contributed by atoms with Gasteiger partial charge in [0.25, 0.3) is 11.8 Å². The topological polar surface area (TPSA) is 158 Å². The molecule has 1 aromatic carbocycles. The number of benzene rings is 1. The Kier molecular flexibility index (Phi) is 4.59. The van der Waals surface area contributed by atoms with E-state index in [0.717, 1.165) is 24.3 Å². The molecule has 0 spiro atoms. The highest BCUT2D eigenvalue weighted by Gasteiger charge is 2.14. The Morgan fingerprint density at radius 2 is 1.67 bits per heavy atom. The lowest BCUT2D eigenvalue weighted by Crippen LogP contribution is -2.18. The smallest absolute Gasteiger partial charge is 0.409 e. The number of carboxylic acid groups (broad SMARTS) is 1. The second-order valence-electron chi connectivity index (χ2n) is 4.48. The van der Waals surface area contributed by atoms with Crippen molar-refractivity contribution in [3.63, 3.8) is 0 Å².